The lowest BCUT2D eigenvalue weighted by Crippen LogP contribution is -2.38. The maximum atomic E-state index is 12.2. The minimum Gasteiger partial charge on any atom is -0.170 e. The minimum absolute atomic E-state index is 0.107. The number of rotatable bonds is 1. The van der Waals surface area contributed by atoms with Gasteiger partial charge in [0.1, 0.15) is 0 Å². The minimum atomic E-state index is -5.23. The molecule has 0 amide bonds. The average molecular weight is 232 g/mol. The smallest absolute Gasteiger partial charge is 0.170 e. The summed E-state index contributed by atoms with van der Waals surface area (Å²) in [5.74, 6) is -3.27. The molecule has 0 aromatic heterocycles. The van der Waals surface area contributed by atoms with Crippen LogP contribution in [-0.4, -0.2) is 12.4 Å². The topological polar surface area (TPSA) is 0 Å². The van der Waals surface area contributed by atoms with E-state index in [1.165, 1.54) is 0 Å². The zero-order valence-corrected chi connectivity index (χ0v) is 7.75. The number of halogens is 6. The molecule has 1 aliphatic rings. The van der Waals surface area contributed by atoms with Gasteiger partial charge in [-0.2, -0.15) is 26.3 Å². The molecule has 0 fully saturated rings. The zero-order chi connectivity index (χ0) is 11.7. The van der Waals surface area contributed by atoms with E-state index in [0.29, 0.717) is 19.3 Å². The van der Waals surface area contributed by atoms with Crippen LogP contribution in [0.1, 0.15) is 25.7 Å². The summed E-state index contributed by atoms with van der Waals surface area (Å²) in [5.41, 5.74) is -0.527. The first-order valence-corrected chi connectivity index (χ1v) is 4.55. The van der Waals surface area contributed by atoms with Gasteiger partial charge in [0.2, 0.25) is 0 Å². The van der Waals surface area contributed by atoms with Crippen molar-refractivity contribution < 1.29 is 26.3 Å². The van der Waals surface area contributed by atoms with Gasteiger partial charge in [-0.05, 0) is 25.7 Å². The van der Waals surface area contributed by atoms with Gasteiger partial charge >= 0.3 is 12.4 Å². The van der Waals surface area contributed by atoms with Crippen molar-refractivity contribution in [2.75, 3.05) is 0 Å². The van der Waals surface area contributed by atoms with Crippen molar-refractivity contribution in [2.24, 2.45) is 5.92 Å². The Balaban J connectivity index is 2.96. The molecule has 0 aromatic carbocycles. The number of hydrogen-bond acceptors (Lipinski definition) is 0. The van der Waals surface area contributed by atoms with Crippen LogP contribution in [0.4, 0.5) is 26.3 Å². The molecular weight excluding hydrogens is 222 g/mol. The Morgan fingerprint density at radius 3 is 1.80 bits per heavy atom. The van der Waals surface area contributed by atoms with Crippen LogP contribution < -0.4 is 0 Å². The van der Waals surface area contributed by atoms with Crippen molar-refractivity contribution in [1.82, 2.24) is 0 Å². The largest absolute Gasteiger partial charge is 0.404 e. The highest BCUT2D eigenvalue weighted by molar-refractivity contribution is 5.13. The zero-order valence-electron chi connectivity index (χ0n) is 7.75. The lowest BCUT2D eigenvalue weighted by molar-refractivity contribution is -0.272. The van der Waals surface area contributed by atoms with E-state index in [1.54, 1.807) is 0 Å². The molecule has 0 nitrogen and oxygen atoms in total. The van der Waals surface area contributed by atoms with Crippen LogP contribution in [0.2, 0.25) is 0 Å². The van der Waals surface area contributed by atoms with Crippen LogP contribution in [0.25, 0.3) is 0 Å². The van der Waals surface area contributed by atoms with Gasteiger partial charge in [0, 0.05) is 0 Å². The van der Waals surface area contributed by atoms with Crippen molar-refractivity contribution in [3.8, 4) is 0 Å². The molecule has 0 bridgehead atoms. The van der Waals surface area contributed by atoms with Gasteiger partial charge < -0.3 is 0 Å². The van der Waals surface area contributed by atoms with E-state index in [9.17, 15) is 26.3 Å². The van der Waals surface area contributed by atoms with Gasteiger partial charge in [-0.25, -0.2) is 0 Å². The van der Waals surface area contributed by atoms with Crippen molar-refractivity contribution in [3.63, 3.8) is 0 Å². The van der Waals surface area contributed by atoms with E-state index in [2.05, 4.69) is 0 Å². The van der Waals surface area contributed by atoms with Crippen LogP contribution in [0.5, 0.6) is 0 Å². The molecule has 0 aromatic rings. The van der Waals surface area contributed by atoms with Crippen LogP contribution >= 0.6 is 0 Å². The molecule has 1 rings (SSSR count). The van der Waals surface area contributed by atoms with Crippen LogP contribution in [0.15, 0.2) is 11.6 Å². The standard InChI is InChI=1S/C9H10F6/c10-8(11,12)7(9(13,14)15)6-4-2-1-3-5-6/h4,7H,1-3,5H2. The van der Waals surface area contributed by atoms with Crippen LogP contribution in [0.3, 0.4) is 0 Å². The van der Waals surface area contributed by atoms with Crippen molar-refractivity contribution in [2.45, 2.75) is 38.0 Å². The van der Waals surface area contributed by atoms with Gasteiger partial charge in [-0.3, -0.25) is 0 Å². The van der Waals surface area contributed by atoms with Gasteiger partial charge in [-0.15, -0.1) is 0 Å². The first kappa shape index (κ1) is 12.4. The Morgan fingerprint density at radius 1 is 0.933 bits per heavy atom. The summed E-state index contributed by atoms with van der Waals surface area (Å²) in [6.07, 6.45) is -8.14. The SMILES string of the molecule is FC(F)(F)C(C1=CCCCC1)C(F)(F)F. The van der Waals surface area contributed by atoms with Crippen LogP contribution in [0, 0.1) is 5.92 Å². The highest BCUT2D eigenvalue weighted by Gasteiger charge is 2.57. The lowest BCUT2D eigenvalue weighted by Gasteiger charge is -2.27. The summed E-state index contributed by atoms with van der Waals surface area (Å²) in [4.78, 5) is 0. The maximum absolute atomic E-state index is 12.2. The molecule has 0 heterocycles. The molecule has 0 saturated carbocycles. The van der Waals surface area contributed by atoms with Gasteiger partial charge in [0.15, 0.2) is 5.92 Å². The summed E-state index contributed by atoms with van der Waals surface area (Å²) < 4.78 is 73.4. The van der Waals surface area contributed by atoms with Crippen LogP contribution in [-0.2, 0) is 0 Å². The predicted molar refractivity (Wildman–Crippen MR) is 42.2 cm³/mol. The Hall–Kier alpha value is -0.680. The number of hydrogen-bond donors (Lipinski definition) is 0. The second-order valence-corrected chi connectivity index (χ2v) is 3.54. The van der Waals surface area contributed by atoms with E-state index in [-0.39, 0.29) is 6.42 Å². The van der Waals surface area contributed by atoms with E-state index in [4.69, 9.17) is 0 Å². The average Bonchev–Trinajstić information content (AvgIpc) is 2.00. The molecule has 0 radical (unpaired) electrons. The Bertz CT molecular complexity index is 232. The van der Waals surface area contributed by atoms with E-state index in [0.717, 1.165) is 6.08 Å². The van der Waals surface area contributed by atoms with Crippen molar-refractivity contribution in [1.29, 1.82) is 0 Å². The molecule has 88 valence electrons. The van der Waals surface area contributed by atoms with Gasteiger partial charge in [-0.1, -0.05) is 11.6 Å². The molecule has 6 heteroatoms. The molecule has 0 N–H and O–H groups in total. The molecule has 0 aliphatic heterocycles. The molecule has 0 spiro atoms. The lowest BCUT2D eigenvalue weighted by atomic mass is 9.88. The highest BCUT2D eigenvalue weighted by Crippen LogP contribution is 2.46. The van der Waals surface area contributed by atoms with E-state index < -0.39 is 23.8 Å². The van der Waals surface area contributed by atoms with Crippen molar-refractivity contribution in [3.05, 3.63) is 11.6 Å². The molecule has 0 unspecified atom stereocenters. The van der Waals surface area contributed by atoms with E-state index in [1.807, 2.05) is 0 Å². The second kappa shape index (κ2) is 4.06. The van der Waals surface area contributed by atoms with Crippen molar-refractivity contribution >= 4 is 0 Å². The molecule has 0 saturated heterocycles. The third-order valence-electron chi connectivity index (χ3n) is 2.35. The first-order chi connectivity index (χ1) is 6.73. The molecular formula is C9H10F6. The number of alkyl halides is 6. The third kappa shape index (κ3) is 3.14. The summed E-state index contributed by atoms with van der Waals surface area (Å²) in [7, 11) is 0. The first-order valence-electron chi connectivity index (χ1n) is 4.55. The predicted octanol–water partition coefficient (Wildman–Crippen LogP) is 4.23. The fraction of sp³-hybridized carbons (Fsp3) is 0.778. The maximum Gasteiger partial charge on any atom is 0.404 e. The highest BCUT2D eigenvalue weighted by atomic mass is 19.4. The summed E-state index contributed by atoms with van der Waals surface area (Å²) in [5, 5.41) is 0. The second-order valence-electron chi connectivity index (χ2n) is 3.54. The Kier molecular flexibility index (Phi) is 3.35. The fourth-order valence-electron chi connectivity index (χ4n) is 1.73. The monoisotopic (exact) mass is 232 g/mol. The third-order valence-corrected chi connectivity index (χ3v) is 2.35. The quantitative estimate of drug-likeness (QED) is 0.469. The summed E-state index contributed by atoms with van der Waals surface area (Å²) >= 11 is 0. The normalized spacial score (nSPS) is 19.3. The van der Waals surface area contributed by atoms with Gasteiger partial charge in [0.25, 0.3) is 0 Å². The number of allylic oxidation sites excluding steroid dienone is 2. The summed E-state index contributed by atoms with van der Waals surface area (Å²) in [6.45, 7) is 0. The fourth-order valence-corrected chi connectivity index (χ4v) is 1.73. The summed E-state index contributed by atoms with van der Waals surface area (Å²) in [6, 6.07) is 0. The van der Waals surface area contributed by atoms with Gasteiger partial charge in [0.05, 0.1) is 0 Å². The van der Waals surface area contributed by atoms with E-state index >= 15 is 0 Å². The molecule has 1 aliphatic carbocycles. The molecule has 15 heavy (non-hydrogen) atoms. The Morgan fingerprint density at radius 2 is 1.47 bits per heavy atom. The Labute approximate surface area is 83.0 Å². The molecule has 0 atom stereocenters.